The van der Waals surface area contributed by atoms with Gasteiger partial charge in [0.05, 0.1) is 25.4 Å². The first-order valence-corrected chi connectivity index (χ1v) is 6.32. The number of aromatic nitrogens is 1. The molecule has 0 spiro atoms. The first kappa shape index (κ1) is 13.3. The third kappa shape index (κ3) is 2.80. The van der Waals surface area contributed by atoms with Crippen molar-refractivity contribution < 1.29 is 9.84 Å². The maximum absolute atomic E-state index is 9.19. The lowest BCUT2D eigenvalue weighted by Crippen LogP contribution is -2.50. The molecule has 18 heavy (non-hydrogen) atoms. The molecular weight excluding hydrogens is 230 g/mol. The van der Waals surface area contributed by atoms with Gasteiger partial charge >= 0.3 is 0 Å². The summed E-state index contributed by atoms with van der Waals surface area (Å²) in [5.74, 6) is 0.902. The van der Waals surface area contributed by atoms with Crippen LogP contribution in [0.4, 0.5) is 5.82 Å². The molecule has 2 unspecified atom stereocenters. The summed E-state index contributed by atoms with van der Waals surface area (Å²) < 4.78 is 5.52. The molecule has 1 aromatic rings. The Kier molecular flexibility index (Phi) is 4.16. The number of rotatable bonds is 3. The van der Waals surface area contributed by atoms with E-state index in [2.05, 4.69) is 16.8 Å². The summed E-state index contributed by atoms with van der Waals surface area (Å²) in [6, 6.07) is 4.20. The molecule has 1 aliphatic rings. The van der Waals surface area contributed by atoms with E-state index in [1.165, 1.54) is 0 Å². The average molecular weight is 251 g/mol. The Bertz CT molecular complexity index is 398. The van der Waals surface area contributed by atoms with Crippen molar-refractivity contribution in [3.8, 4) is 0 Å². The van der Waals surface area contributed by atoms with Crippen molar-refractivity contribution in [1.29, 1.82) is 0 Å². The van der Waals surface area contributed by atoms with Crippen molar-refractivity contribution >= 4 is 5.82 Å². The minimum Gasteiger partial charge on any atom is -0.394 e. The van der Waals surface area contributed by atoms with Gasteiger partial charge in [0, 0.05) is 18.8 Å². The van der Waals surface area contributed by atoms with Gasteiger partial charge < -0.3 is 20.5 Å². The molecule has 100 valence electrons. The molecule has 0 saturated carbocycles. The Labute approximate surface area is 108 Å². The second-order valence-electron chi connectivity index (χ2n) is 4.88. The summed E-state index contributed by atoms with van der Waals surface area (Å²) in [5.41, 5.74) is 6.96. The molecule has 3 atom stereocenters. The van der Waals surface area contributed by atoms with E-state index in [4.69, 9.17) is 10.5 Å². The molecule has 5 heteroatoms. The second kappa shape index (κ2) is 5.65. The van der Waals surface area contributed by atoms with Crippen molar-refractivity contribution in [2.45, 2.75) is 32.0 Å². The quantitative estimate of drug-likeness (QED) is 0.827. The van der Waals surface area contributed by atoms with Gasteiger partial charge in [-0.1, -0.05) is 0 Å². The zero-order valence-electron chi connectivity index (χ0n) is 10.9. The molecule has 3 N–H and O–H groups in total. The Balaban J connectivity index is 2.20. The van der Waals surface area contributed by atoms with E-state index >= 15 is 0 Å². The second-order valence-corrected chi connectivity index (χ2v) is 4.88. The van der Waals surface area contributed by atoms with Crippen LogP contribution in [0.25, 0.3) is 0 Å². The Hall–Kier alpha value is -1.17. The minimum absolute atomic E-state index is 0.00302. The van der Waals surface area contributed by atoms with Crippen molar-refractivity contribution in [2.24, 2.45) is 5.73 Å². The maximum atomic E-state index is 9.19. The van der Waals surface area contributed by atoms with E-state index in [9.17, 15) is 5.11 Å². The van der Waals surface area contributed by atoms with Crippen LogP contribution in [0.15, 0.2) is 18.3 Å². The lowest BCUT2D eigenvalue weighted by atomic mass is 10.1. The standard InChI is InChI=1S/C13H21N3O2/c1-9-8-18-12(7-17)6-16(9)13-5-11(10(2)14)3-4-15-13/h3-5,9-10,12,17H,6-8,14H2,1-2H3/t9?,10-,12?/m1/s1. The normalized spacial score (nSPS) is 26.1. The molecule has 0 aliphatic carbocycles. The summed E-state index contributed by atoms with van der Waals surface area (Å²) in [7, 11) is 0. The number of hydrogen-bond acceptors (Lipinski definition) is 5. The molecule has 0 aromatic carbocycles. The number of anilines is 1. The molecule has 2 rings (SSSR count). The van der Waals surface area contributed by atoms with Crippen LogP contribution in [0.3, 0.4) is 0 Å². The number of pyridine rings is 1. The molecule has 2 heterocycles. The first-order valence-electron chi connectivity index (χ1n) is 6.32. The smallest absolute Gasteiger partial charge is 0.129 e. The van der Waals surface area contributed by atoms with E-state index in [1.807, 2.05) is 19.1 Å². The number of nitrogens with two attached hydrogens (primary N) is 1. The van der Waals surface area contributed by atoms with Crippen LogP contribution in [0, 0.1) is 0 Å². The van der Waals surface area contributed by atoms with Gasteiger partial charge in [0.15, 0.2) is 0 Å². The molecule has 1 fully saturated rings. The highest BCUT2D eigenvalue weighted by Gasteiger charge is 2.26. The van der Waals surface area contributed by atoms with E-state index in [0.29, 0.717) is 13.2 Å². The predicted molar refractivity (Wildman–Crippen MR) is 70.5 cm³/mol. The van der Waals surface area contributed by atoms with E-state index in [-0.39, 0.29) is 24.8 Å². The lowest BCUT2D eigenvalue weighted by Gasteiger charge is -2.38. The summed E-state index contributed by atoms with van der Waals surface area (Å²) in [5, 5.41) is 9.19. The first-order chi connectivity index (χ1) is 8.61. The summed E-state index contributed by atoms with van der Waals surface area (Å²) >= 11 is 0. The van der Waals surface area contributed by atoms with E-state index in [0.717, 1.165) is 11.4 Å². The molecule has 0 bridgehead atoms. The van der Waals surface area contributed by atoms with Crippen LogP contribution in [-0.2, 0) is 4.74 Å². The van der Waals surface area contributed by atoms with Gasteiger partial charge in [-0.05, 0) is 31.5 Å². The monoisotopic (exact) mass is 251 g/mol. The number of hydrogen-bond donors (Lipinski definition) is 2. The van der Waals surface area contributed by atoms with Gasteiger partial charge in [0.2, 0.25) is 0 Å². The molecule has 1 aliphatic heterocycles. The third-order valence-electron chi connectivity index (χ3n) is 3.30. The number of nitrogens with zero attached hydrogens (tertiary/aromatic N) is 2. The fraction of sp³-hybridized carbons (Fsp3) is 0.615. The van der Waals surface area contributed by atoms with Gasteiger partial charge in [0.1, 0.15) is 5.82 Å². The Morgan fingerprint density at radius 2 is 2.44 bits per heavy atom. The molecule has 0 radical (unpaired) electrons. The van der Waals surface area contributed by atoms with Gasteiger partial charge in [-0.15, -0.1) is 0 Å². The van der Waals surface area contributed by atoms with Crippen LogP contribution in [0.5, 0.6) is 0 Å². The Morgan fingerprint density at radius 1 is 1.67 bits per heavy atom. The van der Waals surface area contributed by atoms with Gasteiger partial charge in [0.25, 0.3) is 0 Å². The molecule has 0 amide bonds. The number of aliphatic hydroxyl groups excluding tert-OH is 1. The van der Waals surface area contributed by atoms with Crippen LogP contribution in [0.1, 0.15) is 25.5 Å². The van der Waals surface area contributed by atoms with Crippen LogP contribution in [0.2, 0.25) is 0 Å². The van der Waals surface area contributed by atoms with Crippen LogP contribution >= 0.6 is 0 Å². The SMILES string of the molecule is CC1COC(CO)CN1c1cc([C@@H](C)N)ccn1. The largest absolute Gasteiger partial charge is 0.394 e. The highest BCUT2D eigenvalue weighted by atomic mass is 16.5. The molecular formula is C13H21N3O2. The molecule has 1 saturated heterocycles. The zero-order valence-corrected chi connectivity index (χ0v) is 10.9. The number of morpholine rings is 1. The fourth-order valence-electron chi connectivity index (χ4n) is 2.12. The third-order valence-corrected chi connectivity index (χ3v) is 3.30. The van der Waals surface area contributed by atoms with Gasteiger partial charge in [-0.25, -0.2) is 4.98 Å². The van der Waals surface area contributed by atoms with Crippen molar-refractivity contribution in [2.75, 3.05) is 24.7 Å². The number of aliphatic hydroxyl groups is 1. The van der Waals surface area contributed by atoms with Crippen molar-refractivity contribution in [1.82, 2.24) is 4.98 Å². The van der Waals surface area contributed by atoms with Gasteiger partial charge in [-0.3, -0.25) is 0 Å². The lowest BCUT2D eigenvalue weighted by molar-refractivity contribution is -0.0105. The number of ether oxygens (including phenoxy) is 1. The topological polar surface area (TPSA) is 71.6 Å². The van der Waals surface area contributed by atoms with Crippen LogP contribution in [-0.4, -0.2) is 42.0 Å². The fourth-order valence-corrected chi connectivity index (χ4v) is 2.12. The summed E-state index contributed by atoms with van der Waals surface area (Å²) in [6.45, 7) is 5.35. The van der Waals surface area contributed by atoms with Crippen molar-refractivity contribution in [3.05, 3.63) is 23.9 Å². The molecule has 5 nitrogen and oxygen atoms in total. The zero-order chi connectivity index (χ0) is 13.1. The Morgan fingerprint density at radius 3 is 3.11 bits per heavy atom. The highest BCUT2D eigenvalue weighted by Crippen LogP contribution is 2.22. The minimum atomic E-state index is -0.137. The molecule has 1 aromatic heterocycles. The summed E-state index contributed by atoms with van der Waals surface area (Å²) in [6.07, 6.45) is 1.64. The van der Waals surface area contributed by atoms with Crippen LogP contribution < -0.4 is 10.6 Å². The van der Waals surface area contributed by atoms with E-state index in [1.54, 1.807) is 6.20 Å². The van der Waals surface area contributed by atoms with Gasteiger partial charge in [-0.2, -0.15) is 0 Å². The highest BCUT2D eigenvalue weighted by molar-refractivity contribution is 5.43. The average Bonchev–Trinajstić information content (AvgIpc) is 2.39. The maximum Gasteiger partial charge on any atom is 0.129 e. The summed E-state index contributed by atoms with van der Waals surface area (Å²) in [4.78, 5) is 6.56. The van der Waals surface area contributed by atoms with Crippen molar-refractivity contribution in [3.63, 3.8) is 0 Å². The predicted octanol–water partition coefficient (Wildman–Crippen LogP) is 0.687. The van der Waals surface area contributed by atoms with E-state index < -0.39 is 0 Å².